The van der Waals surface area contributed by atoms with Crippen LogP contribution in [0.25, 0.3) is 0 Å². The van der Waals surface area contributed by atoms with Gasteiger partial charge < -0.3 is 10.6 Å². The second-order valence-electron chi connectivity index (χ2n) is 4.66. The molecule has 0 radical (unpaired) electrons. The van der Waals surface area contributed by atoms with E-state index in [0.29, 0.717) is 24.3 Å². The van der Waals surface area contributed by atoms with Gasteiger partial charge in [0.2, 0.25) is 0 Å². The quantitative estimate of drug-likeness (QED) is 0.829. The summed E-state index contributed by atoms with van der Waals surface area (Å²) in [7, 11) is -1.16. The number of carbonyl (C=O) groups is 1. The predicted molar refractivity (Wildman–Crippen MR) is 72.9 cm³/mol. The zero-order valence-electron chi connectivity index (χ0n) is 10.7. The van der Waals surface area contributed by atoms with Crippen molar-refractivity contribution in [3.05, 3.63) is 23.9 Å². The van der Waals surface area contributed by atoms with Gasteiger partial charge in [0.05, 0.1) is 11.5 Å². The van der Waals surface area contributed by atoms with Crippen LogP contribution in [0.2, 0.25) is 0 Å². The Hall–Kier alpha value is -1.63. The molecule has 7 heteroatoms. The molecule has 1 unspecified atom stereocenters. The summed E-state index contributed by atoms with van der Waals surface area (Å²) in [5.74, 6) is 0.844. The SMILES string of the molecule is CNc1cc(C(=O)NCC2CCS(=O)(=O)C2)ccn1. The van der Waals surface area contributed by atoms with Crippen molar-refractivity contribution in [1.82, 2.24) is 10.3 Å². The van der Waals surface area contributed by atoms with Gasteiger partial charge in [0.1, 0.15) is 5.82 Å². The highest BCUT2D eigenvalue weighted by Gasteiger charge is 2.27. The highest BCUT2D eigenvalue weighted by atomic mass is 32.2. The number of rotatable bonds is 4. The normalized spacial score (nSPS) is 21.0. The highest BCUT2D eigenvalue weighted by molar-refractivity contribution is 7.91. The molecule has 1 aliphatic rings. The molecule has 0 aromatic carbocycles. The Morgan fingerprint density at radius 3 is 2.95 bits per heavy atom. The number of amides is 1. The molecule has 1 saturated heterocycles. The Kier molecular flexibility index (Phi) is 4.04. The maximum absolute atomic E-state index is 11.9. The summed E-state index contributed by atoms with van der Waals surface area (Å²) in [5.41, 5.74) is 0.514. The van der Waals surface area contributed by atoms with E-state index in [9.17, 15) is 13.2 Å². The van der Waals surface area contributed by atoms with Gasteiger partial charge in [0.15, 0.2) is 9.84 Å². The number of pyridine rings is 1. The van der Waals surface area contributed by atoms with E-state index in [-0.39, 0.29) is 23.3 Å². The fourth-order valence-corrected chi connectivity index (χ4v) is 3.94. The summed E-state index contributed by atoms with van der Waals surface area (Å²) in [6.45, 7) is 0.398. The molecule has 2 N–H and O–H groups in total. The van der Waals surface area contributed by atoms with Gasteiger partial charge in [-0.25, -0.2) is 13.4 Å². The van der Waals surface area contributed by atoms with Crippen molar-refractivity contribution >= 4 is 21.6 Å². The number of aromatic nitrogens is 1. The maximum atomic E-state index is 11.9. The molecule has 1 atom stereocenters. The fraction of sp³-hybridized carbons (Fsp3) is 0.500. The van der Waals surface area contributed by atoms with Crippen LogP contribution >= 0.6 is 0 Å². The number of carbonyl (C=O) groups excluding carboxylic acids is 1. The van der Waals surface area contributed by atoms with E-state index in [2.05, 4.69) is 15.6 Å². The van der Waals surface area contributed by atoms with E-state index in [1.54, 1.807) is 25.4 Å². The molecular weight excluding hydrogens is 266 g/mol. The zero-order chi connectivity index (χ0) is 13.9. The summed E-state index contributed by atoms with van der Waals surface area (Å²) < 4.78 is 22.6. The van der Waals surface area contributed by atoms with Gasteiger partial charge in [0.25, 0.3) is 5.91 Å². The number of anilines is 1. The van der Waals surface area contributed by atoms with Crippen LogP contribution in [0.1, 0.15) is 16.8 Å². The van der Waals surface area contributed by atoms with Gasteiger partial charge in [-0.05, 0) is 24.5 Å². The molecule has 1 aromatic rings. The first kappa shape index (κ1) is 13.8. The number of hydrogen-bond acceptors (Lipinski definition) is 5. The fourth-order valence-electron chi connectivity index (χ4n) is 2.08. The molecule has 2 heterocycles. The lowest BCUT2D eigenvalue weighted by molar-refractivity contribution is 0.0948. The second-order valence-corrected chi connectivity index (χ2v) is 6.89. The molecule has 0 saturated carbocycles. The third-order valence-corrected chi connectivity index (χ3v) is 4.99. The minimum absolute atomic E-state index is 0.0274. The van der Waals surface area contributed by atoms with Crippen LogP contribution in [0.15, 0.2) is 18.3 Å². The van der Waals surface area contributed by atoms with Crippen LogP contribution in [0.4, 0.5) is 5.82 Å². The minimum Gasteiger partial charge on any atom is -0.373 e. The van der Waals surface area contributed by atoms with Crippen molar-refractivity contribution in [3.63, 3.8) is 0 Å². The highest BCUT2D eigenvalue weighted by Crippen LogP contribution is 2.17. The van der Waals surface area contributed by atoms with E-state index < -0.39 is 9.84 Å². The van der Waals surface area contributed by atoms with E-state index in [4.69, 9.17) is 0 Å². The van der Waals surface area contributed by atoms with Crippen LogP contribution < -0.4 is 10.6 Å². The third kappa shape index (κ3) is 3.66. The first-order chi connectivity index (χ1) is 9.00. The van der Waals surface area contributed by atoms with Crippen LogP contribution in [0, 0.1) is 5.92 Å². The Bertz CT molecular complexity index is 571. The lowest BCUT2D eigenvalue weighted by atomic mass is 10.1. The smallest absolute Gasteiger partial charge is 0.251 e. The molecule has 104 valence electrons. The molecular formula is C12H17N3O3S. The van der Waals surface area contributed by atoms with Gasteiger partial charge in [-0.1, -0.05) is 0 Å². The average molecular weight is 283 g/mol. The maximum Gasteiger partial charge on any atom is 0.251 e. The molecule has 0 aliphatic carbocycles. The summed E-state index contributed by atoms with van der Waals surface area (Å²) in [6.07, 6.45) is 2.18. The van der Waals surface area contributed by atoms with Crippen molar-refractivity contribution in [2.75, 3.05) is 30.4 Å². The van der Waals surface area contributed by atoms with Gasteiger partial charge in [-0.3, -0.25) is 4.79 Å². The molecule has 2 rings (SSSR count). The Morgan fingerprint density at radius 1 is 1.53 bits per heavy atom. The molecule has 1 fully saturated rings. The lowest BCUT2D eigenvalue weighted by Gasteiger charge is -2.10. The van der Waals surface area contributed by atoms with Crippen LogP contribution in [-0.2, 0) is 9.84 Å². The van der Waals surface area contributed by atoms with Crippen molar-refractivity contribution < 1.29 is 13.2 Å². The molecule has 1 amide bonds. The summed E-state index contributed by atoms with van der Waals surface area (Å²) >= 11 is 0. The van der Waals surface area contributed by atoms with E-state index in [1.165, 1.54) is 0 Å². The van der Waals surface area contributed by atoms with Gasteiger partial charge in [0, 0.05) is 25.4 Å². The zero-order valence-corrected chi connectivity index (χ0v) is 11.5. The van der Waals surface area contributed by atoms with Crippen molar-refractivity contribution in [2.24, 2.45) is 5.92 Å². The first-order valence-electron chi connectivity index (χ1n) is 6.12. The van der Waals surface area contributed by atoms with Crippen molar-refractivity contribution in [3.8, 4) is 0 Å². The Morgan fingerprint density at radius 2 is 2.32 bits per heavy atom. The van der Waals surface area contributed by atoms with Crippen molar-refractivity contribution in [2.45, 2.75) is 6.42 Å². The first-order valence-corrected chi connectivity index (χ1v) is 7.95. The van der Waals surface area contributed by atoms with Crippen LogP contribution in [0.5, 0.6) is 0 Å². The number of hydrogen-bond donors (Lipinski definition) is 2. The van der Waals surface area contributed by atoms with E-state index >= 15 is 0 Å². The second kappa shape index (κ2) is 5.56. The number of nitrogens with one attached hydrogen (secondary N) is 2. The largest absolute Gasteiger partial charge is 0.373 e. The summed E-state index contributed by atoms with van der Waals surface area (Å²) in [6, 6.07) is 3.28. The van der Waals surface area contributed by atoms with Gasteiger partial charge in [-0.15, -0.1) is 0 Å². The van der Waals surface area contributed by atoms with Crippen LogP contribution in [-0.4, -0.2) is 44.4 Å². The average Bonchev–Trinajstić information content (AvgIpc) is 2.75. The topological polar surface area (TPSA) is 88.2 Å². The van der Waals surface area contributed by atoms with Gasteiger partial charge in [-0.2, -0.15) is 0 Å². The van der Waals surface area contributed by atoms with E-state index in [0.717, 1.165) is 0 Å². The van der Waals surface area contributed by atoms with Crippen LogP contribution in [0.3, 0.4) is 0 Å². The number of sulfone groups is 1. The molecule has 6 nitrogen and oxygen atoms in total. The molecule has 0 bridgehead atoms. The monoisotopic (exact) mass is 283 g/mol. The summed E-state index contributed by atoms with van der Waals surface area (Å²) in [4.78, 5) is 15.9. The molecule has 1 aliphatic heterocycles. The molecule has 19 heavy (non-hydrogen) atoms. The lowest BCUT2D eigenvalue weighted by Crippen LogP contribution is -2.29. The minimum atomic E-state index is -2.89. The Balaban J connectivity index is 1.91. The van der Waals surface area contributed by atoms with Crippen molar-refractivity contribution in [1.29, 1.82) is 0 Å². The standard InChI is InChI=1S/C12H17N3O3S/c1-13-11-6-10(2-4-14-11)12(16)15-7-9-3-5-19(17,18)8-9/h2,4,6,9H,3,5,7-8H2,1H3,(H,13,14)(H,15,16). The van der Waals surface area contributed by atoms with Gasteiger partial charge >= 0.3 is 0 Å². The predicted octanol–water partition coefficient (Wildman–Crippen LogP) is 0.288. The summed E-state index contributed by atoms with van der Waals surface area (Å²) in [5, 5.41) is 5.63. The molecule has 1 aromatic heterocycles. The number of nitrogens with zero attached hydrogens (tertiary/aromatic N) is 1. The molecule has 0 spiro atoms. The van der Waals surface area contributed by atoms with E-state index in [1.807, 2.05) is 0 Å². The third-order valence-electron chi connectivity index (χ3n) is 3.16. The Labute approximate surface area is 112 Å².